The molecule has 3 rings (SSSR count). The smallest absolute Gasteiger partial charge is 0.344 e. The molecule has 30 heavy (non-hydrogen) atoms. The highest BCUT2D eigenvalue weighted by Crippen LogP contribution is 2.25. The van der Waals surface area contributed by atoms with E-state index < -0.39 is 5.97 Å². The first-order chi connectivity index (χ1) is 14.7. The second kappa shape index (κ2) is 11.2. The molecule has 3 aromatic carbocycles. The number of hydrogen-bond acceptors (Lipinski definition) is 5. The summed E-state index contributed by atoms with van der Waals surface area (Å²) in [6, 6.07) is 24.9. The minimum absolute atomic E-state index is 0.155. The summed E-state index contributed by atoms with van der Waals surface area (Å²) < 4.78 is 16.5. The Kier molecular flexibility index (Phi) is 7.80. The van der Waals surface area contributed by atoms with Crippen LogP contribution in [0.1, 0.15) is 11.1 Å². The second-order valence-corrected chi connectivity index (χ2v) is 6.33. The van der Waals surface area contributed by atoms with Gasteiger partial charge < -0.3 is 14.2 Å². The van der Waals surface area contributed by atoms with Crippen molar-refractivity contribution >= 4 is 17.9 Å². The van der Waals surface area contributed by atoms with Gasteiger partial charge in [-0.2, -0.15) is 0 Å². The van der Waals surface area contributed by atoms with Crippen LogP contribution < -0.4 is 9.47 Å². The third-order valence-electron chi connectivity index (χ3n) is 4.05. The third kappa shape index (κ3) is 6.63. The van der Waals surface area contributed by atoms with Crippen molar-refractivity contribution in [2.45, 2.75) is 6.61 Å². The fourth-order valence-electron chi connectivity index (χ4n) is 2.57. The molecule has 0 aliphatic heterocycles. The molecule has 0 N–H and O–H groups in total. The predicted octanol–water partition coefficient (Wildman–Crippen LogP) is 5.12. The molecule has 152 valence electrons. The molecule has 0 saturated heterocycles. The Labute approximate surface area is 176 Å². The molecule has 0 spiro atoms. The maximum atomic E-state index is 11.6. The molecule has 3 aromatic rings. The highest BCUT2D eigenvalue weighted by Gasteiger charge is 2.08. The minimum atomic E-state index is -0.462. The maximum Gasteiger partial charge on any atom is 0.344 e. The average molecular weight is 401 g/mol. The van der Waals surface area contributed by atoms with Gasteiger partial charge in [0.1, 0.15) is 24.7 Å². The lowest BCUT2D eigenvalue weighted by Crippen LogP contribution is -2.14. The molecule has 0 atom stereocenters. The lowest BCUT2D eigenvalue weighted by atomic mass is 10.2. The number of carbonyl (C=O) groups excluding carboxylic acids is 1. The number of aliphatic imine (C=N–C) groups is 1. The molecule has 0 aliphatic carbocycles. The molecule has 0 bridgehead atoms. The van der Waals surface area contributed by atoms with Crippen LogP contribution in [0.5, 0.6) is 11.5 Å². The van der Waals surface area contributed by atoms with E-state index in [1.165, 1.54) is 6.08 Å². The number of esters is 1. The molecule has 0 aliphatic rings. The van der Waals surface area contributed by atoms with E-state index in [1.807, 2.05) is 66.7 Å². The Balaban J connectivity index is 1.75. The summed E-state index contributed by atoms with van der Waals surface area (Å²) in [5.74, 6) is 0.650. The van der Waals surface area contributed by atoms with Gasteiger partial charge in [-0.25, -0.2) is 4.79 Å². The average Bonchev–Trinajstić information content (AvgIpc) is 2.80. The molecule has 0 amide bonds. The van der Waals surface area contributed by atoms with Crippen molar-refractivity contribution < 1.29 is 19.0 Å². The molecule has 0 unspecified atom stereocenters. The lowest BCUT2D eigenvalue weighted by molar-refractivity contribution is -0.144. The van der Waals surface area contributed by atoms with Gasteiger partial charge in [0, 0.05) is 17.8 Å². The Morgan fingerprint density at radius 1 is 0.933 bits per heavy atom. The summed E-state index contributed by atoms with van der Waals surface area (Å²) >= 11 is 0. The Hall–Kier alpha value is -3.86. The van der Waals surface area contributed by atoms with Gasteiger partial charge in [0.2, 0.25) is 0 Å². The van der Waals surface area contributed by atoms with E-state index in [9.17, 15) is 4.79 Å². The van der Waals surface area contributed by atoms with Crippen molar-refractivity contribution in [1.82, 2.24) is 0 Å². The fraction of sp³-hybridized carbons (Fsp3) is 0.120. The molecular formula is C25H23NO4. The Bertz CT molecular complexity index is 985. The summed E-state index contributed by atoms with van der Waals surface area (Å²) in [5, 5.41) is 0. The monoisotopic (exact) mass is 401 g/mol. The molecule has 0 aromatic heterocycles. The van der Waals surface area contributed by atoms with Crippen molar-refractivity contribution in [3.63, 3.8) is 0 Å². The first-order valence-electron chi connectivity index (χ1n) is 9.54. The van der Waals surface area contributed by atoms with Gasteiger partial charge in [-0.15, -0.1) is 0 Å². The van der Waals surface area contributed by atoms with Crippen LogP contribution in [0.3, 0.4) is 0 Å². The predicted molar refractivity (Wildman–Crippen MR) is 118 cm³/mol. The number of benzene rings is 3. The van der Waals surface area contributed by atoms with E-state index in [-0.39, 0.29) is 13.2 Å². The van der Waals surface area contributed by atoms with E-state index in [0.717, 1.165) is 16.8 Å². The van der Waals surface area contributed by atoms with Gasteiger partial charge in [-0.3, -0.25) is 4.99 Å². The summed E-state index contributed by atoms with van der Waals surface area (Å²) in [4.78, 5) is 16.2. The van der Waals surface area contributed by atoms with Crippen LogP contribution in [0.2, 0.25) is 0 Å². The Morgan fingerprint density at radius 2 is 1.67 bits per heavy atom. The van der Waals surface area contributed by atoms with Gasteiger partial charge in [0.25, 0.3) is 0 Å². The van der Waals surface area contributed by atoms with Gasteiger partial charge in [0.15, 0.2) is 6.61 Å². The second-order valence-electron chi connectivity index (χ2n) is 6.33. The van der Waals surface area contributed by atoms with Crippen molar-refractivity contribution in [3.05, 3.63) is 103 Å². The summed E-state index contributed by atoms with van der Waals surface area (Å²) in [6.07, 6.45) is 3.26. The molecule has 0 radical (unpaired) electrons. The highest BCUT2D eigenvalue weighted by atomic mass is 16.6. The van der Waals surface area contributed by atoms with Crippen molar-refractivity contribution in [2.75, 3.05) is 13.2 Å². The van der Waals surface area contributed by atoms with Gasteiger partial charge in [-0.1, -0.05) is 61.2 Å². The standard InChI is InChI=1S/C25H23NO4/c1-2-15-28-25(27)19-29-23-14-13-21(17-26-22-11-7-4-8-12-22)24(16-23)30-18-20-9-5-3-6-10-20/h2-14,16-17H,1,15,18-19H2/b26-17+. The number of hydrogen-bond donors (Lipinski definition) is 0. The van der Waals surface area contributed by atoms with E-state index in [0.29, 0.717) is 18.1 Å². The number of nitrogens with zero attached hydrogens (tertiary/aromatic N) is 1. The van der Waals surface area contributed by atoms with E-state index in [4.69, 9.17) is 14.2 Å². The van der Waals surface area contributed by atoms with Crippen LogP contribution in [0, 0.1) is 0 Å². The largest absolute Gasteiger partial charge is 0.488 e. The molecule has 5 nitrogen and oxygen atoms in total. The van der Waals surface area contributed by atoms with Crippen LogP contribution in [-0.4, -0.2) is 25.4 Å². The highest BCUT2D eigenvalue weighted by molar-refractivity contribution is 5.85. The SMILES string of the molecule is C=CCOC(=O)COc1ccc(/C=N/c2ccccc2)c(OCc2ccccc2)c1. The summed E-state index contributed by atoms with van der Waals surface area (Å²) in [7, 11) is 0. The molecule has 0 saturated carbocycles. The van der Waals surface area contributed by atoms with E-state index >= 15 is 0 Å². The van der Waals surface area contributed by atoms with Crippen molar-refractivity contribution in [2.24, 2.45) is 4.99 Å². The van der Waals surface area contributed by atoms with Crippen LogP contribution >= 0.6 is 0 Å². The zero-order valence-corrected chi connectivity index (χ0v) is 16.6. The van der Waals surface area contributed by atoms with Crippen molar-refractivity contribution in [1.29, 1.82) is 0 Å². The van der Waals surface area contributed by atoms with E-state index in [2.05, 4.69) is 11.6 Å². The zero-order chi connectivity index (χ0) is 21.0. The number of ether oxygens (including phenoxy) is 3. The third-order valence-corrected chi connectivity index (χ3v) is 4.05. The summed E-state index contributed by atoms with van der Waals surface area (Å²) in [5.41, 5.74) is 2.69. The van der Waals surface area contributed by atoms with Crippen LogP contribution in [0.25, 0.3) is 0 Å². The first kappa shape index (κ1) is 20.9. The van der Waals surface area contributed by atoms with Crippen LogP contribution in [0.15, 0.2) is 96.5 Å². The molecule has 0 fully saturated rings. The molecule has 5 heteroatoms. The number of para-hydroxylation sites is 1. The number of carbonyl (C=O) groups is 1. The molecular weight excluding hydrogens is 378 g/mol. The summed E-state index contributed by atoms with van der Waals surface area (Å²) in [6.45, 7) is 3.87. The number of rotatable bonds is 10. The van der Waals surface area contributed by atoms with Gasteiger partial charge in [0.05, 0.1) is 5.69 Å². The first-order valence-corrected chi connectivity index (χ1v) is 9.54. The van der Waals surface area contributed by atoms with Crippen molar-refractivity contribution in [3.8, 4) is 11.5 Å². The van der Waals surface area contributed by atoms with Crippen LogP contribution in [-0.2, 0) is 16.1 Å². The van der Waals surface area contributed by atoms with Crippen LogP contribution in [0.4, 0.5) is 5.69 Å². The van der Waals surface area contributed by atoms with E-state index in [1.54, 1.807) is 18.3 Å². The lowest BCUT2D eigenvalue weighted by Gasteiger charge is -2.12. The maximum absolute atomic E-state index is 11.6. The van der Waals surface area contributed by atoms with Gasteiger partial charge in [-0.05, 0) is 29.8 Å². The minimum Gasteiger partial charge on any atom is -0.488 e. The molecule has 0 heterocycles. The quantitative estimate of drug-likeness (QED) is 0.269. The normalized spacial score (nSPS) is 10.5. The Morgan fingerprint density at radius 3 is 2.40 bits per heavy atom. The fourth-order valence-corrected chi connectivity index (χ4v) is 2.57. The van der Waals surface area contributed by atoms with Gasteiger partial charge >= 0.3 is 5.97 Å². The zero-order valence-electron chi connectivity index (χ0n) is 16.6. The topological polar surface area (TPSA) is 57.1 Å².